The third-order valence-electron chi connectivity index (χ3n) is 3.58. The molecule has 1 aliphatic rings. The molecular formula is C17H19N3O2S. The van der Waals surface area contributed by atoms with E-state index in [9.17, 15) is 4.79 Å². The van der Waals surface area contributed by atoms with Gasteiger partial charge in [-0.05, 0) is 6.92 Å². The molecule has 2 heterocycles. The summed E-state index contributed by atoms with van der Waals surface area (Å²) in [7, 11) is 0. The number of rotatable bonds is 5. The van der Waals surface area contributed by atoms with E-state index in [1.807, 2.05) is 43.3 Å². The number of carbonyl (C=O) groups is 1. The molecule has 3 rings (SSSR count). The molecule has 0 radical (unpaired) electrons. The number of hydrogen-bond acceptors (Lipinski definition) is 6. The lowest BCUT2D eigenvalue weighted by Gasteiger charge is -2.28. The zero-order valence-corrected chi connectivity index (χ0v) is 13.9. The van der Waals surface area contributed by atoms with Gasteiger partial charge in [0.2, 0.25) is 0 Å². The predicted molar refractivity (Wildman–Crippen MR) is 91.3 cm³/mol. The molecule has 6 heteroatoms. The smallest absolute Gasteiger partial charge is 0.190 e. The van der Waals surface area contributed by atoms with Crippen molar-refractivity contribution >= 4 is 23.4 Å². The van der Waals surface area contributed by atoms with E-state index in [1.54, 1.807) is 0 Å². The van der Waals surface area contributed by atoms with Gasteiger partial charge in [-0.3, -0.25) is 4.79 Å². The molecule has 120 valence electrons. The highest BCUT2D eigenvalue weighted by Crippen LogP contribution is 2.21. The molecule has 1 aromatic heterocycles. The minimum absolute atomic E-state index is 0.0913. The van der Waals surface area contributed by atoms with Crippen LogP contribution in [0.3, 0.4) is 0 Å². The van der Waals surface area contributed by atoms with Crippen LogP contribution in [0.5, 0.6) is 0 Å². The Hall–Kier alpha value is -1.92. The van der Waals surface area contributed by atoms with Crippen LogP contribution in [0, 0.1) is 6.92 Å². The van der Waals surface area contributed by atoms with Gasteiger partial charge in [-0.2, -0.15) is 0 Å². The van der Waals surface area contributed by atoms with Gasteiger partial charge in [0.1, 0.15) is 5.82 Å². The maximum absolute atomic E-state index is 12.2. The Balaban J connectivity index is 1.68. The minimum Gasteiger partial charge on any atom is -0.378 e. The molecule has 1 saturated heterocycles. The Labute approximate surface area is 140 Å². The fourth-order valence-corrected chi connectivity index (χ4v) is 3.18. The van der Waals surface area contributed by atoms with E-state index in [4.69, 9.17) is 4.74 Å². The summed E-state index contributed by atoms with van der Waals surface area (Å²) in [5, 5.41) is 0.649. The van der Waals surface area contributed by atoms with E-state index in [-0.39, 0.29) is 5.78 Å². The first-order valence-electron chi connectivity index (χ1n) is 7.62. The molecule has 0 saturated carbocycles. The lowest BCUT2D eigenvalue weighted by atomic mass is 10.2. The fourth-order valence-electron chi connectivity index (χ4n) is 2.38. The van der Waals surface area contributed by atoms with Crippen molar-refractivity contribution in [1.82, 2.24) is 9.97 Å². The summed E-state index contributed by atoms with van der Waals surface area (Å²) < 4.78 is 5.37. The molecule has 2 aromatic rings. The number of hydrogen-bond donors (Lipinski definition) is 0. The number of Topliss-reactive ketones (excluding diaryl/α,β-unsaturated/α-hetero) is 1. The van der Waals surface area contributed by atoms with Crippen LogP contribution in [0.2, 0.25) is 0 Å². The van der Waals surface area contributed by atoms with Gasteiger partial charge in [-0.15, -0.1) is 0 Å². The Morgan fingerprint density at radius 2 is 1.96 bits per heavy atom. The van der Waals surface area contributed by atoms with Gasteiger partial charge in [0, 0.05) is 30.4 Å². The van der Waals surface area contributed by atoms with Gasteiger partial charge in [-0.1, -0.05) is 42.1 Å². The Kier molecular flexibility index (Phi) is 5.25. The molecule has 0 spiro atoms. The van der Waals surface area contributed by atoms with Gasteiger partial charge in [0.05, 0.1) is 19.0 Å². The van der Waals surface area contributed by atoms with Gasteiger partial charge < -0.3 is 9.64 Å². The summed E-state index contributed by atoms with van der Waals surface area (Å²) in [6, 6.07) is 11.3. The van der Waals surface area contributed by atoms with Crippen molar-refractivity contribution in [3.8, 4) is 0 Å². The molecular weight excluding hydrogens is 310 g/mol. The highest BCUT2D eigenvalue weighted by molar-refractivity contribution is 7.99. The summed E-state index contributed by atoms with van der Waals surface area (Å²) >= 11 is 1.39. The molecule has 1 fully saturated rings. The number of ketones is 1. The minimum atomic E-state index is 0.0913. The van der Waals surface area contributed by atoms with Crippen LogP contribution in [-0.2, 0) is 4.74 Å². The maximum Gasteiger partial charge on any atom is 0.190 e. The van der Waals surface area contributed by atoms with Crippen molar-refractivity contribution in [2.45, 2.75) is 12.1 Å². The van der Waals surface area contributed by atoms with Gasteiger partial charge in [0.15, 0.2) is 10.9 Å². The van der Waals surface area contributed by atoms with Gasteiger partial charge in [-0.25, -0.2) is 9.97 Å². The second-order valence-corrected chi connectivity index (χ2v) is 6.27. The van der Waals surface area contributed by atoms with E-state index >= 15 is 0 Å². The summed E-state index contributed by atoms with van der Waals surface area (Å²) in [4.78, 5) is 23.4. The average Bonchev–Trinajstić information content (AvgIpc) is 2.61. The van der Waals surface area contributed by atoms with Gasteiger partial charge in [0.25, 0.3) is 0 Å². The van der Waals surface area contributed by atoms with Crippen molar-refractivity contribution in [3.05, 3.63) is 47.7 Å². The molecule has 0 amide bonds. The maximum atomic E-state index is 12.2. The van der Waals surface area contributed by atoms with Crippen molar-refractivity contribution in [2.24, 2.45) is 0 Å². The predicted octanol–water partition coefficient (Wildman–Crippen LogP) is 2.60. The molecule has 23 heavy (non-hydrogen) atoms. The van der Waals surface area contributed by atoms with Crippen LogP contribution in [0.4, 0.5) is 5.82 Å². The number of aryl methyl sites for hydroxylation is 1. The normalized spacial score (nSPS) is 14.7. The topological polar surface area (TPSA) is 55.3 Å². The van der Waals surface area contributed by atoms with Crippen LogP contribution in [0.15, 0.2) is 41.6 Å². The molecule has 1 aliphatic heterocycles. The first kappa shape index (κ1) is 16.0. The first-order chi connectivity index (χ1) is 11.2. The van der Waals surface area contributed by atoms with Crippen molar-refractivity contribution < 1.29 is 9.53 Å². The van der Waals surface area contributed by atoms with Crippen LogP contribution in [0.1, 0.15) is 16.1 Å². The van der Waals surface area contributed by atoms with Crippen LogP contribution >= 0.6 is 11.8 Å². The highest BCUT2D eigenvalue weighted by atomic mass is 32.2. The molecule has 0 aliphatic carbocycles. The van der Waals surface area contributed by atoms with Crippen LogP contribution in [0.25, 0.3) is 0 Å². The molecule has 0 atom stereocenters. The number of morpholine rings is 1. The number of anilines is 1. The van der Waals surface area contributed by atoms with Crippen molar-refractivity contribution in [1.29, 1.82) is 0 Å². The lowest BCUT2D eigenvalue weighted by molar-refractivity contribution is 0.102. The first-order valence-corrected chi connectivity index (χ1v) is 8.60. The number of aromatic nitrogens is 2. The fraction of sp³-hybridized carbons (Fsp3) is 0.353. The SMILES string of the molecule is Cc1cc(N2CCOCC2)nc(SCC(=O)c2ccccc2)n1. The van der Waals surface area contributed by atoms with E-state index < -0.39 is 0 Å². The van der Waals surface area contributed by atoms with Crippen molar-refractivity contribution in [3.63, 3.8) is 0 Å². The second-order valence-electron chi connectivity index (χ2n) is 5.33. The second kappa shape index (κ2) is 7.57. The van der Waals surface area contributed by atoms with E-state index in [0.29, 0.717) is 10.9 Å². The monoisotopic (exact) mass is 329 g/mol. The highest BCUT2D eigenvalue weighted by Gasteiger charge is 2.15. The quantitative estimate of drug-likeness (QED) is 0.477. The number of thioether (sulfide) groups is 1. The van der Waals surface area contributed by atoms with E-state index in [1.165, 1.54) is 11.8 Å². The Morgan fingerprint density at radius 1 is 1.22 bits per heavy atom. The number of nitrogens with zero attached hydrogens (tertiary/aromatic N) is 3. The van der Waals surface area contributed by atoms with Crippen LogP contribution in [-0.4, -0.2) is 47.8 Å². The summed E-state index contributed by atoms with van der Waals surface area (Å²) in [5.41, 5.74) is 1.64. The molecule has 0 unspecified atom stereocenters. The largest absolute Gasteiger partial charge is 0.378 e. The van der Waals surface area contributed by atoms with Crippen LogP contribution < -0.4 is 4.90 Å². The van der Waals surface area contributed by atoms with Crippen molar-refractivity contribution in [2.75, 3.05) is 37.0 Å². The summed E-state index contributed by atoms with van der Waals surface area (Å²) in [6.07, 6.45) is 0. The lowest BCUT2D eigenvalue weighted by Crippen LogP contribution is -2.36. The Bertz CT molecular complexity index is 673. The molecule has 5 nitrogen and oxygen atoms in total. The number of ether oxygens (including phenoxy) is 1. The third-order valence-corrected chi connectivity index (χ3v) is 4.43. The average molecular weight is 329 g/mol. The molecule has 1 aromatic carbocycles. The molecule has 0 N–H and O–H groups in total. The van der Waals surface area contributed by atoms with Gasteiger partial charge >= 0.3 is 0 Å². The third kappa shape index (κ3) is 4.30. The zero-order chi connectivity index (χ0) is 16.1. The Morgan fingerprint density at radius 3 is 2.70 bits per heavy atom. The molecule has 0 bridgehead atoms. The standard InChI is InChI=1S/C17H19N3O2S/c1-13-11-16(20-7-9-22-10-8-20)19-17(18-13)23-12-15(21)14-5-3-2-4-6-14/h2-6,11H,7-10,12H2,1H3. The zero-order valence-electron chi connectivity index (χ0n) is 13.1. The number of carbonyl (C=O) groups excluding carboxylic acids is 1. The number of benzene rings is 1. The van der Waals surface area contributed by atoms with E-state index in [2.05, 4.69) is 14.9 Å². The summed E-state index contributed by atoms with van der Waals surface area (Å²) in [6.45, 7) is 5.07. The van der Waals surface area contributed by atoms with E-state index in [0.717, 1.165) is 43.4 Å². The summed E-state index contributed by atoms with van der Waals surface area (Å²) in [5.74, 6) is 1.35.